The van der Waals surface area contributed by atoms with Crippen molar-refractivity contribution in [3.63, 3.8) is 0 Å². The number of aliphatic carboxylic acids is 1. The van der Waals surface area contributed by atoms with E-state index in [0.29, 0.717) is 17.7 Å². The number of aryl methyl sites for hydroxylation is 2. The Morgan fingerprint density at radius 2 is 2.32 bits per heavy atom. The van der Waals surface area contributed by atoms with Gasteiger partial charge in [-0.05, 0) is 18.9 Å². The van der Waals surface area contributed by atoms with Crippen LogP contribution in [0.2, 0.25) is 0 Å². The van der Waals surface area contributed by atoms with Gasteiger partial charge in [0.1, 0.15) is 5.69 Å². The highest BCUT2D eigenvalue weighted by Crippen LogP contribution is 2.40. The van der Waals surface area contributed by atoms with Crippen LogP contribution in [0.5, 0.6) is 0 Å². The third kappa shape index (κ3) is 2.49. The van der Waals surface area contributed by atoms with Crippen LogP contribution in [0.3, 0.4) is 0 Å². The molecule has 2 aromatic heterocycles. The Hall–Kier alpha value is -2.18. The molecule has 0 aliphatic heterocycles. The molecule has 2 heterocycles. The van der Waals surface area contributed by atoms with Crippen LogP contribution in [-0.2, 0) is 18.3 Å². The zero-order valence-corrected chi connectivity index (χ0v) is 10.5. The highest BCUT2D eigenvalue weighted by Gasteiger charge is 2.28. The topological polar surface area (TPSA) is 94.0 Å². The molecule has 2 aromatic rings. The van der Waals surface area contributed by atoms with E-state index in [1.807, 2.05) is 13.1 Å². The number of carboxylic acid groups (broad SMARTS) is 1. The Morgan fingerprint density at radius 3 is 3.00 bits per heavy atom. The molecule has 0 saturated heterocycles. The van der Waals surface area contributed by atoms with E-state index in [2.05, 4.69) is 15.3 Å². The summed E-state index contributed by atoms with van der Waals surface area (Å²) in [6, 6.07) is 1.96. The molecule has 1 N–H and O–H groups in total. The smallest absolute Gasteiger partial charge is 0.303 e. The second kappa shape index (κ2) is 4.49. The van der Waals surface area contributed by atoms with Gasteiger partial charge in [-0.1, -0.05) is 0 Å². The van der Waals surface area contributed by atoms with Gasteiger partial charge in [0.05, 0.1) is 12.1 Å². The van der Waals surface area contributed by atoms with Gasteiger partial charge < -0.3 is 9.52 Å². The van der Waals surface area contributed by atoms with E-state index < -0.39 is 5.97 Å². The summed E-state index contributed by atoms with van der Waals surface area (Å²) in [5, 5.41) is 20.8. The number of nitrogens with zero attached hydrogens (tertiary/aromatic N) is 4. The van der Waals surface area contributed by atoms with Crippen molar-refractivity contribution < 1.29 is 14.3 Å². The molecule has 0 unspecified atom stereocenters. The molecule has 7 heteroatoms. The van der Waals surface area contributed by atoms with E-state index >= 15 is 0 Å². The summed E-state index contributed by atoms with van der Waals surface area (Å²) >= 11 is 0. The fraction of sp³-hybridized carbons (Fsp3) is 0.500. The van der Waals surface area contributed by atoms with Crippen molar-refractivity contribution >= 4 is 5.97 Å². The van der Waals surface area contributed by atoms with Gasteiger partial charge in [-0.3, -0.25) is 9.48 Å². The molecule has 1 fully saturated rings. The van der Waals surface area contributed by atoms with E-state index in [-0.39, 0.29) is 12.8 Å². The van der Waals surface area contributed by atoms with Crippen LogP contribution in [0, 0.1) is 0 Å². The van der Waals surface area contributed by atoms with E-state index in [0.717, 1.165) is 11.4 Å². The van der Waals surface area contributed by atoms with Crippen LogP contribution < -0.4 is 0 Å². The van der Waals surface area contributed by atoms with Crippen LogP contribution in [0.1, 0.15) is 36.8 Å². The van der Waals surface area contributed by atoms with E-state index in [4.69, 9.17) is 9.52 Å². The van der Waals surface area contributed by atoms with Gasteiger partial charge in [0, 0.05) is 19.4 Å². The molecule has 7 nitrogen and oxygen atoms in total. The highest BCUT2D eigenvalue weighted by molar-refractivity contribution is 5.66. The Balaban J connectivity index is 1.79. The van der Waals surface area contributed by atoms with E-state index in [9.17, 15) is 4.79 Å². The average Bonchev–Trinajstić information content (AvgIpc) is 2.98. The van der Waals surface area contributed by atoms with Gasteiger partial charge >= 0.3 is 5.97 Å². The van der Waals surface area contributed by atoms with Gasteiger partial charge in [-0.25, -0.2) is 0 Å². The summed E-state index contributed by atoms with van der Waals surface area (Å²) in [5.74, 6) is 0.416. The van der Waals surface area contributed by atoms with Crippen molar-refractivity contribution in [2.24, 2.45) is 7.05 Å². The summed E-state index contributed by atoms with van der Waals surface area (Å²) in [6.45, 7) is 0. The summed E-state index contributed by atoms with van der Waals surface area (Å²) in [6.07, 6.45) is 2.60. The number of hydrogen-bond donors (Lipinski definition) is 1. The SMILES string of the molecule is Cn1nc(C2CC2)cc1-c1nnc(CCC(=O)O)o1. The molecule has 0 bridgehead atoms. The monoisotopic (exact) mass is 262 g/mol. The Bertz CT molecular complexity index is 612. The van der Waals surface area contributed by atoms with E-state index in [1.165, 1.54) is 12.8 Å². The fourth-order valence-electron chi connectivity index (χ4n) is 1.94. The predicted octanol–water partition coefficient (Wildman–Crippen LogP) is 1.36. The molecular formula is C12H14N4O3. The first-order valence-electron chi connectivity index (χ1n) is 6.22. The quantitative estimate of drug-likeness (QED) is 0.874. The summed E-state index contributed by atoms with van der Waals surface area (Å²) in [7, 11) is 1.84. The van der Waals surface area contributed by atoms with Gasteiger partial charge in [-0.15, -0.1) is 10.2 Å². The lowest BCUT2D eigenvalue weighted by atomic mass is 10.2. The first-order chi connectivity index (χ1) is 9.13. The van der Waals surface area contributed by atoms with Crippen molar-refractivity contribution in [1.82, 2.24) is 20.0 Å². The first-order valence-corrected chi connectivity index (χ1v) is 6.22. The van der Waals surface area contributed by atoms with Gasteiger partial charge in [0.25, 0.3) is 5.89 Å². The maximum Gasteiger partial charge on any atom is 0.303 e. The predicted molar refractivity (Wildman–Crippen MR) is 64.4 cm³/mol. The maximum atomic E-state index is 10.5. The third-order valence-corrected chi connectivity index (χ3v) is 3.13. The first kappa shape index (κ1) is 11.9. The van der Waals surface area contributed by atoms with E-state index in [1.54, 1.807) is 4.68 Å². The zero-order chi connectivity index (χ0) is 13.4. The molecule has 19 heavy (non-hydrogen) atoms. The standard InChI is InChI=1S/C12H14N4O3/c1-16-9(6-8(15-16)7-2-3-7)12-14-13-10(19-12)4-5-11(17)18/h6-7H,2-5H2,1H3,(H,17,18). The van der Waals surface area contributed by atoms with Gasteiger partial charge in [0.2, 0.25) is 5.89 Å². The molecule has 0 atom stereocenters. The molecule has 0 aromatic carbocycles. The molecular weight excluding hydrogens is 248 g/mol. The molecule has 0 radical (unpaired) electrons. The molecule has 0 amide bonds. The number of rotatable bonds is 5. The van der Waals surface area contributed by atoms with Crippen molar-refractivity contribution in [2.45, 2.75) is 31.6 Å². The Kier molecular flexibility index (Phi) is 2.81. The zero-order valence-electron chi connectivity index (χ0n) is 10.5. The number of hydrogen-bond acceptors (Lipinski definition) is 5. The highest BCUT2D eigenvalue weighted by atomic mass is 16.4. The van der Waals surface area contributed by atoms with Crippen molar-refractivity contribution in [3.05, 3.63) is 17.7 Å². The molecule has 1 saturated carbocycles. The largest absolute Gasteiger partial charge is 0.481 e. The second-order valence-corrected chi connectivity index (χ2v) is 4.75. The summed E-state index contributed by atoms with van der Waals surface area (Å²) < 4.78 is 7.19. The molecule has 0 spiro atoms. The lowest BCUT2D eigenvalue weighted by Gasteiger charge is -1.94. The Morgan fingerprint density at radius 1 is 1.53 bits per heavy atom. The number of carboxylic acids is 1. The molecule has 100 valence electrons. The molecule has 1 aliphatic carbocycles. The Labute approximate surface area is 109 Å². The minimum atomic E-state index is -0.878. The third-order valence-electron chi connectivity index (χ3n) is 3.13. The van der Waals surface area contributed by atoms with Crippen LogP contribution in [0.4, 0.5) is 0 Å². The van der Waals surface area contributed by atoms with Gasteiger partial charge in [-0.2, -0.15) is 5.10 Å². The average molecular weight is 262 g/mol. The maximum absolute atomic E-state index is 10.5. The second-order valence-electron chi connectivity index (χ2n) is 4.75. The molecule has 3 rings (SSSR count). The van der Waals surface area contributed by atoms with Crippen molar-refractivity contribution in [3.8, 4) is 11.6 Å². The molecule has 1 aliphatic rings. The summed E-state index contributed by atoms with van der Waals surface area (Å²) in [5.41, 5.74) is 1.83. The minimum Gasteiger partial charge on any atom is -0.481 e. The fourth-order valence-corrected chi connectivity index (χ4v) is 1.94. The van der Waals surface area contributed by atoms with Gasteiger partial charge in [0.15, 0.2) is 0 Å². The van der Waals surface area contributed by atoms with Crippen LogP contribution in [-0.4, -0.2) is 31.1 Å². The lowest BCUT2D eigenvalue weighted by Crippen LogP contribution is -1.97. The normalized spacial score (nSPS) is 14.8. The van der Waals surface area contributed by atoms with Crippen molar-refractivity contribution in [2.75, 3.05) is 0 Å². The van der Waals surface area contributed by atoms with Crippen LogP contribution >= 0.6 is 0 Å². The number of aromatic nitrogens is 4. The summed E-state index contributed by atoms with van der Waals surface area (Å²) in [4.78, 5) is 10.5. The van der Waals surface area contributed by atoms with Crippen LogP contribution in [0.15, 0.2) is 10.5 Å². The minimum absolute atomic E-state index is 0.0135. The number of carbonyl (C=O) groups is 1. The lowest BCUT2D eigenvalue weighted by molar-refractivity contribution is -0.137. The van der Waals surface area contributed by atoms with Crippen molar-refractivity contribution in [1.29, 1.82) is 0 Å². The van der Waals surface area contributed by atoms with Crippen LogP contribution in [0.25, 0.3) is 11.6 Å².